The fraction of sp³-hybridized carbons (Fsp3) is 0.800. The lowest BCUT2D eigenvalue weighted by Gasteiger charge is -2.17. The number of nitrogens with one attached hydrogen (secondary N) is 1. The second-order valence-electron chi connectivity index (χ2n) is 3.86. The molecular formula is C10H21N3O2. The van der Waals surface area contributed by atoms with Crippen LogP contribution in [0.4, 0.5) is 0 Å². The van der Waals surface area contributed by atoms with Crippen LogP contribution in [0.3, 0.4) is 0 Å². The Morgan fingerprint density at radius 3 is 2.47 bits per heavy atom. The molecule has 88 valence electrons. The van der Waals surface area contributed by atoms with Crippen molar-refractivity contribution in [2.75, 3.05) is 20.1 Å². The third kappa shape index (κ3) is 6.90. The highest BCUT2D eigenvalue weighted by Crippen LogP contribution is 1.94. The predicted octanol–water partition coefficient (Wildman–Crippen LogP) is -0.292. The van der Waals surface area contributed by atoms with Crippen LogP contribution >= 0.6 is 0 Å². The van der Waals surface area contributed by atoms with Crippen LogP contribution in [-0.2, 0) is 9.59 Å². The first-order valence-corrected chi connectivity index (χ1v) is 5.20. The van der Waals surface area contributed by atoms with Crippen molar-refractivity contribution in [3.05, 3.63) is 0 Å². The lowest BCUT2D eigenvalue weighted by molar-refractivity contribution is -0.134. The Morgan fingerprint density at radius 2 is 2.00 bits per heavy atom. The molecule has 3 N–H and O–H groups in total. The number of likely N-dealkylation sites (N-methyl/N-ethyl adjacent to an activating group) is 1. The van der Waals surface area contributed by atoms with Gasteiger partial charge in [-0.25, -0.2) is 0 Å². The summed E-state index contributed by atoms with van der Waals surface area (Å²) in [5, 5.41) is 2.73. The minimum absolute atomic E-state index is 0.0423. The van der Waals surface area contributed by atoms with Gasteiger partial charge in [0.2, 0.25) is 11.8 Å². The number of amides is 2. The van der Waals surface area contributed by atoms with Crippen LogP contribution in [0.15, 0.2) is 0 Å². The molecule has 0 aliphatic rings. The highest BCUT2D eigenvalue weighted by Gasteiger charge is 2.12. The highest BCUT2D eigenvalue weighted by atomic mass is 16.2. The summed E-state index contributed by atoms with van der Waals surface area (Å²) in [6.07, 6.45) is 1.07. The zero-order chi connectivity index (χ0) is 11.8. The molecule has 0 saturated carbocycles. The van der Waals surface area contributed by atoms with Crippen molar-refractivity contribution in [2.24, 2.45) is 5.73 Å². The fourth-order valence-corrected chi connectivity index (χ4v) is 1.12. The molecule has 5 nitrogen and oxygen atoms in total. The maximum Gasteiger partial charge on any atom is 0.239 e. The maximum absolute atomic E-state index is 11.4. The van der Waals surface area contributed by atoms with E-state index in [1.165, 1.54) is 4.90 Å². The van der Waals surface area contributed by atoms with E-state index in [1.807, 2.05) is 13.8 Å². The first-order chi connectivity index (χ1) is 6.97. The smallest absolute Gasteiger partial charge is 0.239 e. The van der Waals surface area contributed by atoms with Gasteiger partial charge < -0.3 is 16.0 Å². The largest absolute Gasteiger partial charge is 0.352 e. The van der Waals surface area contributed by atoms with Gasteiger partial charge >= 0.3 is 0 Å². The fourth-order valence-electron chi connectivity index (χ4n) is 1.12. The lowest BCUT2D eigenvalue weighted by atomic mass is 10.3. The number of carbonyl (C=O) groups excluding carboxylic acids is 2. The van der Waals surface area contributed by atoms with E-state index in [2.05, 4.69) is 5.32 Å². The Labute approximate surface area is 91.0 Å². The van der Waals surface area contributed by atoms with Gasteiger partial charge in [0.25, 0.3) is 0 Å². The second kappa shape index (κ2) is 7.23. The minimum Gasteiger partial charge on any atom is -0.352 e. The Hall–Kier alpha value is -1.10. The molecular weight excluding hydrogens is 194 g/mol. The monoisotopic (exact) mass is 215 g/mol. The van der Waals surface area contributed by atoms with E-state index in [0.29, 0.717) is 19.4 Å². The molecule has 0 atom stereocenters. The summed E-state index contributed by atoms with van der Waals surface area (Å²) in [5.74, 6) is -0.173. The standard InChI is InChI=1S/C10H21N3O2/c1-8(2)12-9(14)7-13(3)10(15)5-4-6-11/h8H,4-7,11H2,1-3H3,(H,12,14). The van der Waals surface area contributed by atoms with Crippen molar-refractivity contribution in [3.8, 4) is 0 Å². The number of rotatable bonds is 6. The SMILES string of the molecule is CC(C)NC(=O)CN(C)C(=O)CCCN. The van der Waals surface area contributed by atoms with Gasteiger partial charge in [-0.3, -0.25) is 9.59 Å². The van der Waals surface area contributed by atoms with Gasteiger partial charge in [0.1, 0.15) is 0 Å². The quantitative estimate of drug-likeness (QED) is 0.639. The molecule has 2 amide bonds. The first kappa shape index (κ1) is 13.9. The van der Waals surface area contributed by atoms with Gasteiger partial charge in [0.05, 0.1) is 6.54 Å². The minimum atomic E-state index is -0.131. The highest BCUT2D eigenvalue weighted by molar-refractivity contribution is 5.84. The van der Waals surface area contributed by atoms with Crippen LogP contribution in [0, 0.1) is 0 Å². The van der Waals surface area contributed by atoms with E-state index in [4.69, 9.17) is 5.73 Å². The molecule has 0 aromatic rings. The Bertz CT molecular complexity index is 217. The van der Waals surface area contributed by atoms with E-state index in [-0.39, 0.29) is 24.4 Å². The Balaban J connectivity index is 3.85. The molecule has 0 fully saturated rings. The summed E-state index contributed by atoms with van der Waals surface area (Å²) in [6.45, 7) is 4.38. The molecule has 0 aliphatic carbocycles. The van der Waals surface area contributed by atoms with Crippen molar-refractivity contribution >= 4 is 11.8 Å². The van der Waals surface area contributed by atoms with Crippen LogP contribution in [0.1, 0.15) is 26.7 Å². The van der Waals surface area contributed by atoms with E-state index >= 15 is 0 Å². The number of carbonyl (C=O) groups is 2. The van der Waals surface area contributed by atoms with Gasteiger partial charge in [-0.05, 0) is 26.8 Å². The topological polar surface area (TPSA) is 75.4 Å². The molecule has 0 aromatic heterocycles. The summed E-state index contributed by atoms with van der Waals surface area (Å²) in [5.41, 5.74) is 5.29. The first-order valence-electron chi connectivity index (χ1n) is 5.20. The van der Waals surface area contributed by atoms with Crippen molar-refractivity contribution in [3.63, 3.8) is 0 Å². The average molecular weight is 215 g/mol. The summed E-state index contributed by atoms with van der Waals surface area (Å²) in [7, 11) is 1.62. The van der Waals surface area contributed by atoms with Crippen LogP contribution in [0.2, 0.25) is 0 Å². The Kier molecular flexibility index (Phi) is 6.70. The van der Waals surface area contributed by atoms with Gasteiger partial charge in [0, 0.05) is 19.5 Å². The molecule has 0 spiro atoms. The molecule has 0 unspecified atom stereocenters. The summed E-state index contributed by atoms with van der Waals surface area (Å²) < 4.78 is 0. The van der Waals surface area contributed by atoms with Crippen molar-refractivity contribution in [2.45, 2.75) is 32.7 Å². The molecule has 0 aromatic carbocycles. The molecule has 0 heterocycles. The number of nitrogens with two attached hydrogens (primary N) is 1. The number of hydrogen-bond donors (Lipinski definition) is 2. The predicted molar refractivity (Wildman–Crippen MR) is 59.2 cm³/mol. The van der Waals surface area contributed by atoms with E-state index < -0.39 is 0 Å². The van der Waals surface area contributed by atoms with Gasteiger partial charge in [0.15, 0.2) is 0 Å². The average Bonchev–Trinajstić information content (AvgIpc) is 2.12. The molecule has 0 saturated heterocycles. The number of hydrogen-bond acceptors (Lipinski definition) is 3. The van der Waals surface area contributed by atoms with Crippen molar-refractivity contribution in [1.29, 1.82) is 0 Å². The van der Waals surface area contributed by atoms with E-state index in [0.717, 1.165) is 0 Å². The van der Waals surface area contributed by atoms with Crippen LogP contribution in [0.5, 0.6) is 0 Å². The number of nitrogens with zero attached hydrogens (tertiary/aromatic N) is 1. The molecule has 5 heteroatoms. The lowest BCUT2D eigenvalue weighted by Crippen LogP contribution is -2.40. The third-order valence-corrected chi connectivity index (χ3v) is 1.85. The third-order valence-electron chi connectivity index (χ3n) is 1.85. The van der Waals surface area contributed by atoms with Gasteiger partial charge in [-0.1, -0.05) is 0 Å². The zero-order valence-electron chi connectivity index (χ0n) is 9.75. The molecule has 0 radical (unpaired) electrons. The Morgan fingerprint density at radius 1 is 1.40 bits per heavy atom. The van der Waals surface area contributed by atoms with Crippen LogP contribution in [-0.4, -0.2) is 42.9 Å². The van der Waals surface area contributed by atoms with Gasteiger partial charge in [-0.2, -0.15) is 0 Å². The molecule has 15 heavy (non-hydrogen) atoms. The maximum atomic E-state index is 11.4. The summed E-state index contributed by atoms with van der Waals surface area (Å²) in [6, 6.07) is 0.102. The van der Waals surface area contributed by atoms with Crippen molar-refractivity contribution < 1.29 is 9.59 Å². The molecule has 0 aliphatic heterocycles. The molecule has 0 rings (SSSR count). The van der Waals surface area contributed by atoms with Crippen LogP contribution in [0.25, 0.3) is 0 Å². The second-order valence-corrected chi connectivity index (χ2v) is 3.86. The summed E-state index contributed by atoms with van der Waals surface area (Å²) in [4.78, 5) is 24.1. The normalized spacial score (nSPS) is 10.2. The van der Waals surface area contributed by atoms with Crippen LogP contribution < -0.4 is 11.1 Å². The summed E-state index contributed by atoms with van der Waals surface area (Å²) >= 11 is 0. The van der Waals surface area contributed by atoms with E-state index in [1.54, 1.807) is 7.05 Å². The van der Waals surface area contributed by atoms with Gasteiger partial charge in [-0.15, -0.1) is 0 Å². The zero-order valence-corrected chi connectivity index (χ0v) is 9.75. The van der Waals surface area contributed by atoms with Crippen molar-refractivity contribution in [1.82, 2.24) is 10.2 Å². The van der Waals surface area contributed by atoms with E-state index in [9.17, 15) is 9.59 Å². The molecule has 0 bridgehead atoms.